The molecule has 0 aliphatic carbocycles. The summed E-state index contributed by atoms with van der Waals surface area (Å²) in [5.41, 5.74) is 1.30. The first-order valence-corrected chi connectivity index (χ1v) is 11.0. The predicted molar refractivity (Wildman–Crippen MR) is 119 cm³/mol. The summed E-state index contributed by atoms with van der Waals surface area (Å²) in [7, 11) is -1.23. The van der Waals surface area contributed by atoms with Gasteiger partial charge in [0.2, 0.25) is 0 Å². The Bertz CT molecular complexity index is 1160. The van der Waals surface area contributed by atoms with Crippen LogP contribution in [-0.2, 0) is 10.0 Å². The second kappa shape index (κ2) is 9.53. The zero-order valence-electron chi connectivity index (χ0n) is 17.5. The molecule has 0 spiro atoms. The number of rotatable bonds is 8. The molecule has 0 heterocycles. The van der Waals surface area contributed by atoms with Crippen molar-refractivity contribution < 1.29 is 22.7 Å². The smallest absolute Gasteiger partial charge is 0.265 e. The molecule has 0 aliphatic rings. The summed E-state index contributed by atoms with van der Waals surface area (Å²) in [6.45, 7) is 1.86. The molecule has 162 valence electrons. The third-order valence-corrected chi connectivity index (χ3v) is 6.11. The summed E-state index contributed by atoms with van der Waals surface area (Å²) in [4.78, 5) is 12.8. The molecular formula is C23H24N2O5S. The molecule has 0 unspecified atom stereocenters. The molecule has 3 aromatic rings. The van der Waals surface area contributed by atoms with E-state index in [0.717, 1.165) is 5.56 Å². The lowest BCUT2D eigenvalue weighted by Crippen LogP contribution is -2.28. The molecule has 0 aliphatic heterocycles. The number of benzene rings is 3. The Morgan fingerprint density at radius 3 is 2.26 bits per heavy atom. The van der Waals surface area contributed by atoms with E-state index in [1.807, 2.05) is 37.3 Å². The Morgan fingerprint density at radius 2 is 1.58 bits per heavy atom. The molecular weight excluding hydrogens is 416 g/mol. The number of methoxy groups -OCH3 is 2. The summed E-state index contributed by atoms with van der Waals surface area (Å²) in [6.07, 6.45) is 0. The number of ether oxygens (including phenoxy) is 2. The molecule has 7 nitrogen and oxygen atoms in total. The van der Waals surface area contributed by atoms with Gasteiger partial charge in [-0.2, -0.15) is 0 Å². The molecule has 3 rings (SSSR count). The van der Waals surface area contributed by atoms with E-state index in [4.69, 9.17) is 9.47 Å². The summed E-state index contributed by atoms with van der Waals surface area (Å²) in [6, 6.07) is 20.1. The van der Waals surface area contributed by atoms with Crippen molar-refractivity contribution in [1.82, 2.24) is 5.32 Å². The van der Waals surface area contributed by atoms with Crippen LogP contribution in [0.4, 0.5) is 5.69 Å². The Balaban J connectivity index is 1.89. The van der Waals surface area contributed by atoms with Gasteiger partial charge in [0.05, 0.1) is 31.5 Å². The number of hydrogen-bond donors (Lipinski definition) is 2. The van der Waals surface area contributed by atoms with Gasteiger partial charge in [-0.3, -0.25) is 9.52 Å². The molecule has 1 amide bonds. The van der Waals surface area contributed by atoms with Gasteiger partial charge < -0.3 is 14.8 Å². The number of carbonyl (C=O) groups is 1. The Labute approximate surface area is 182 Å². The van der Waals surface area contributed by atoms with Crippen molar-refractivity contribution in [2.75, 3.05) is 18.9 Å². The van der Waals surface area contributed by atoms with Crippen LogP contribution in [0.1, 0.15) is 28.9 Å². The minimum absolute atomic E-state index is 0.0952. The highest BCUT2D eigenvalue weighted by atomic mass is 32.2. The molecule has 0 radical (unpaired) electrons. The number of amides is 1. The van der Waals surface area contributed by atoms with Crippen molar-refractivity contribution in [2.24, 2.45) is 0 Å². The number of para-hydroxylation sites is 1. The standard InChI is InChI=1S/C23H24N2O5S/c1-16(17-9-5-4-6-10-17)24-23(26)19-11-7-8-12-20(19)25-31(27,28)22-15-18(29-2)13-14-21(22)30-3/h4-16,25H,1-3H3,(H,24,26)/t16-/m1/s1. The summed E-state index contributed by atoms with van der Waals surface area (Å²) >= 11 is 0. The molecule has 0 aromatic heterocycles. The van der Waals surface area contributed by atoms with E-state index in [-0.39, 0.29) is 27.9 Å². The molecule has 8 heteroatoms. The fraction of sp³-hybridized carbons (Fsp3) is 0.174. The monoisotopic (exact) mass is 440 g/mol. The van der Waals surface area contributed by atoms with Crippen molar-refractivity contribution >= 4 is 21.6 Å². The van der Waals surface area contributed by atoms with Crippen LogP contribution in [0.3, 0.4) is 0 Å². The Hall–Kier alpha value is -3.52. The maximum Gasteiger partial charge on any atom is 0.265 e. The normalized spacial score (nSPS) is 12.0. The van der Waals surface area contributed by atoms with E-state index in [1.54, 1.807) is 24.3 Å². The quantitative estimate of drug-likeness (QED) is 0.552. The van der Waals surface area contributed by atoms with Crippen LogP contribution < -0.4 is 19.5 Å². The zero-order chi connectivity index (χ0) is 22.4. The minimum Gasteiger partial charge on any atom is -0.497 e. The molecule has 1 atom stereocenters. The second-order valence-corrected chi connectivity index (χ2v) is 8.42. The van der Waals surface area contributed by atoms with Gasteiger partial charge in [0.25, 0.3) is 15.9 Å². The van der Waals surface area contributed by atoms with E-state index < -0.39 is 15.9 Å². The zero-order valence-corrected chi connectivity index (χ0v) is 18.3. The molecule has 0 saturated carbocycles. The van der Waals surface area contributed by atoms with Gasteiger partial charge in [0.1, 0.15) is 16.4 Å². The van der Waals surface area contributed by atoms with E-state index in [2.05, 4.69) is 10.0 Å². The lowest BCUT2D eigenvalue weighted by atomic mass is 10.1. The van der Waals surface area contributed by atoms with Crippen LogP contribution in [0.5, 0.6) is 11.5 Å². The topological polar surface area (TPSA) is 93.7 Å². The largest absolute Gasteiger partial charge is 0.497 e. The van der Waals surface area contributed by atoms with Gasteiger partial charge in [0, 0.05) is 6.07 Å². The SMILES string of the molecule is COc1ccc(OC)c(S(=O)(=O)Nc2ccccc2C(=O)N[C@H](C)c2ccccc2)c1. The second-order valence-electron chi connectivity index (χ2n) is 6.77. The number of sulfonamides is 1. The number of anilines is 1. The molecule has 0 bridgehead atoms. The van der Waals surface area contributed by atoms with Crippen LogP contribution in [0, 0.1) is 0 Å². The minimum atomic E-state index is -4.06. The molecule has 31 heavy (non-hydrogen) atoms. The first-order chi connectivity index (χ1) is 14.9. The van der Waals surface area contributed by atoms with Crippen LogP contribution in [0.2, 0.25) is 0 Å². The van der Waals surface area contributed by atoms with Crippen molar-refractivity contribution in [3.63, 3.8) is 0 Å². The lowest BCUT2D eigenvalue weighted by Gasteiger charge is -2.17. The van der Waals surface area contributed by atoms with E-state index in [0.29, 0.717) is 5.75 Å². The molecule has 3 aromatic carbocycles. The van der Waals surface area contributed by atoms with Crippen LogP contribution in [0.25, 0.3) is 0 Å². The lowest BCUT2D eigenvalue weighted by molar-refractivity contribution is 0.0941. The number of nitrogens with one attached hydrogen (secondary N) is 2. The molecule has 0 saturated heterocycles. The summed E-state index contributed by atoms with van der Waals surface area (Å²) in [5, 5.41) is 2.90. The Morgan fingerprint density at radius 1 is 0.903 bits per heavy atom. The van der Waals surface area contributed by atoms with Crippen molar-refractivity contribution in [1.29, 1.82) is 0 Å². The predicted octanol–water partition coefficient (Wildman–Crippen LogP) is 4.00. The Kier molecular flexibility index (Phi) is 6.81. The molecule has 0 fully saturated rings. The van der Waals surface area contributed by atoms with Gasteiger partial charge in [-0.05, 0) is 36.8 Å². The maximum absolute atomic E-state index is 13.1. The van der Waals surface area contributed by atoms with E-state index in [9.17, 15) is 13.2 Å². The number of hydrogen-bond acceptors (Lipinski definition) is 5. The third-order valence-electron chi connectivity index (χ3n) is 4.72. The van der Waals surface area contributed by atoms with E-state index in [1.165, 1.54) is 32.4 Å². The van der Waals surface area contributed by atoms with Gasteiger partial charge in [-0.25, -0.2) is 8.42 Å². The van der Waals surface area contributed by atoms with Crippen LogP contribution >= 0.6 is 0 Å². The molecule has 2 N–H and O–H groups in total. The number of carbonyl (C=O) groups excluding carboxylic acids is 1. The highest BCUT2D eigenvalue weighted by Crippen LogP contribution is 2.30. The average Bonchev–Trinajstić information content (AvgIpc) is 2.79. The first kappa shape index (κ1) is 22.2. The van der Waals surface area contributed by atoms with Gasteiger partial charge in [-0.1, -0.05) is 42.5 Å². The fourth-order valence-electron chi connectivity index (χ4n) is 3.06. The van der Waals surface area contributed by atoms with Crippen molar-refractivity contribution in [3.8, 4) is 11.5 Å². The van der Waals surface area contributed by atoms with Crippen LogP contribution in [0.15, 0.2) is 77.7 Å². The van der Waals surface area contributed by atoms with Crippen molar-refractivity contribution in [3.05, 3.63) is 83.9 Å². The van der Waals surface area contributed by atoms with Crippen LogP contribution in [-0.4, -0.2) is 28.5 Å². The fourth-order valence-corrected chi connectivity index (χ4v) is 4.33. The third kappa shape index (κ3) is 5.16. The summed E-state index contributed by atoms with van der Waals surface area (Å²) in [5.74, 6) is 0.129. The maximum atomic E-state index is 13.1. The first-order valence-electron chi connectivity index (χ1n) is 9.55. The average molecular weight is 441 g/mol. The van der Waals surface area contributed by atoms with Gasteiger partial charge in [0.15, 0.2) is 0 Å². The highest BCUT2D eigenvalue weighted by Gasteiger charge is 2.23. The highest BCUT2D eigenvalue weighted by molar-refractivity contribution is 7.92. The van der Waals surface area contributed by atoms with E-state index >= 15 is 0 Å². The van der Waals surface area contributed by atoms with Gasteiger partial charge >= 0.3 is 0 Å². The van der Waals surface area contributed by atoms with Crippen molar-refractivity contribution in [2.45, 2.75) is 17.9 Å². The summed E-state index contributed by atoms with van der Waals surface area (Å²) < 4.78 is 39.0. The van der Waals surface area contributed by atoms with Gasteiger partial charge in [-0.15, -0.1) is 0 Å².